The van der Waals surface area contributed by atoms with Gasteiger partial charge in [0.05, 0.1) is 5.56 Å². The summed E-state index contributed by atoms with van der Waals surface area (Å²) in [6, 6.07) is 9.70. The molecule has 1 amide bonds. The second kappa shape index (κ2) is 8.77. The van der Waals surface area contributed by atoms with E-state index in [-0.39, 0.29) is 22.4 Å². The van der Waals surface area contributed by atoms with Crippen LogP contribution in [0, 0.1) is 11.7 Å². The molecule has 0 saturated heterocycles. The minimum absolute atomic E-state index is 0.139. The van der Waals surface area contributed by atoms with E-state index in [1.807, 2.05) is 0 Å². The molecule has 1 N–H and O–H groups in total. The minimum atomic E-state index is -1.12. The van der Waals surface area contributed by atoms with Crippen LogP contribution in [0.1, 0.15) is 41.5 Å². The molecule has 2 aromatic carbocycles. The van der Waals surface area contributed by atoms with Gasteiger partial charge in [-0.25, -0.2) is 9.18 Å². The van der Waals surface area contributed by atoms with Gasteiger partial charge >= 0.3 is 5.97 Å². The molecule has 2 rings (SSSR count). The van der Waals surface area contributed by atoms with Crippen LogP contribution in [-0.4, -0.2) is 23.8 Å². The molecule has 2 aromatic rings. The van der Waals surface area contributed by atoms with Crippen molar-refractivity contribution in [2.45, 2.75) is 26.9 Å². The third-order valence-electron chi connectivity index (χ3n) is 3.76. The number of hydrogen-bond donors (Lipinski definition) is 1. The van der Waals surface area contributed by atoms with Crippen LogP contribution in [0.4, 0.5) is 10.1 Å². The van der Waals surface area contributed by atoms with Crippen molar-refractivity contribution >= 4 is 34.9 Å². The van der Waals surface area contributed by atoms with E-state index in [1.165, 1.54) is 25.1 Å². The fourth-order valence-electron chi connectivity index (χ4n) is 2.17. The van der Waals surface area contributed by atoms with Crippen LogP contribution in [0.15, 0.2) is 42.5 Å². The number of ether oxygens (including phenoxy) is 1. The van der Waals surface area contributed by atoms with Crippen LogP contribution < -0.4 is 5.32 Å². The van der Waals surface area contributed by atoms with Gasteiger partial charge in [-0.2, -0.15) is 0 Å². The Morgan fingerprint density at radius 3 is 2.26 bits per heavy atom. The number of carbonyl (C=O) groups excluding carboxylic acids is 3. The number of amides is 1. The SMILES string of the molecule is CC(C)C(=O)Nc1ccc(C(=O)[C@H](C)OC(=O)c2cc(Cl)ccc2F)cc1. The van der Waals surface area contributed by atoms with Gasteiger partial charge in [0.1, 0.15) is 5.82 Å². The van der Waals surface area contributed by atoms with Crippen LogP contribution in [0.25, 0.3) is 0 Å². The standard InChI is InChI=1S/C20H19ClFNO4/c1-11(2)19(25)23-15-7-4-13(5-8-15)18(24)12(3)27-20(26)16-10-14(21)6-9-17(16)22/h4-12H,1-3H3,(H,23,25)/t12-/m0/s1. The Labute approximate surface area is 161 Å². The van der Waals surface area contributed by atoms with Crippen LogP contribution >= 0.6 is 11.6 Å². The smallest absolute Gasteiger partial charge is 0.341 e. The third-order valence-corrected chi connectivity index (χ3v) is 4.00. The van der Waals surface area contributed by atoms with Crippen molar-refractivity contribution < 1.29 is 23.5 Å². The van der Waals surface area contributed by atoms with E-state index in [1.54, 1.807) is 26.0 Å². The first-order valence-electron chi connectivity index (χ1n) is 8.30. The number of Topliss-reactive ketones (excluding diaryl/α,β-unsaturated/α-hetero) is 1. The van der Waals surface area contributed by atoms with Gasteiger partial charge in [0.2, 0.25) is 11.7 Å². The normalized spacial score (nSPS) is 11.8. The molecule has 0 heterocycles. The van der Waals surface area contributed by atoms with Crippen molar-refractivity contribution in [3.8, 4) is 0 Å². The van der Waals surface area contributed by atoms with Crippen molar-refractivity contribution in [2.24, 2.45) is 5.92 Å². The summed E-state index contributed by atoms with van der Waals surface area (Å²) in [5.74, 6) is -2.52. The molecule has 0 aliphatic carbocycles. The van der Waals surface area contributed by atoms with E-state index in [9.17, 15) is 18.8 Å². The maximum atomic E-state index is 13.7. The Morgan fingerprint density at radius 2 is 1.67 bits per heavy atom. The zero-order chi connectivity index (χ0) is 20.1. The molecule has 0 fully saturated rings. The van der Waals surface area contributed by atoms with Gasteiger partial charge in [-0.05, 0) is 49.4 Å². The summed E-state index contributed by atoms with van der Waals surface area (Å²) in [7, 11) is 0. The number of halogens is 2. The van der Waals surface area contributed by atoms with E-state index in [2.05, 4.69) is 5.32 Å². The lowest BCUT2D eigenvalue weighted by Crippen LogP contribution is -2.25. The highest BCUT2D eigenvalue weighted by atomic mass is 35.5. The predicted molar refractivity (Wildman–Crippen MR) is 101 cm³/mol. The molecular formula is C20H19ClFNO4. The maximum Gasteiger partial charge on any atom is 0.341 e. The maximum absolute atomic E-state index is 13.7. The number of rotatable bonds is 6. The lowest BCUT2D eigenvalue weighted by Gasteiger charge is -2.13. The molecule has 5 nitrogen and oxygen atoms in total. The first kappa shape index (κ1) is 20.6. The second-order valence-corrected chi connectivity index (χ2v) is 6.69. The molecule has 0 unspecified atom stereocenters. The molecule has 7 heteroatoms. The van der Waals surface area contributed by atoms with Gasteiger partial charge in [0, 0.05) is 22.2 Å². The van der Waals surface area contributed by atoms with Crippen LogP contribution in [-0.2, 0) is 9.53 Å². The molecule has 0 aromatic heterocycles. The zero-order valence-corrected chi connectivity index (χ0v) is 15.8. The Hall–Kier alpha value is -2.73. The first-order valence-corrected chi connectivity index (χ1v) is 8.68. The van der Waals surface area contributed by atoms with Gasteiger partial charge < -0.3 is 10.1 Å². The molecule has 142 valence electrons. The summed E-state index contributed by atoms with van der Waals surface area (Å²) >= 11 is 5.75. The number of hydrogen-bond acceptors (Lipinski definition) is 4. The van der Waals surface area contributed by atoms with Gasteiger partial charge in [0.25, 0.3) is 0 Å². The minimum Gasteiger partial charge on any atom is -0.451 e. The molecule has 0 aliphatic rings. The molecular weight excluding hydrogens is 373 g/mol. The van der Waals surface area contributed by atoms with E-state index in [0.717, 1.165) is 12.1 Å². The fourth-order valence-corrected chi connectivity index (χ4v) is 2.34. The molecule has 0 saturated carbocycles. The van der Waals surface area contributed by atoms with Crippen molar-refractivity contribution in [1.82, 2.24) is 0 Å². The average Bonchev–Trinajstić information content (AvgIpc) is 2.63. The van der Waals surface area contributed by atoms with Crippen molar-refractivity contribution in [3.63, 3.8) is 0 Å². The van der Waals surface area contributed by atoms with E-state index in [0.29, 0.717) is 11.3 Å². The lowest BCUT2D eigenvalue weighted by atomic mass is 10.1. The average molecular weight is 392 g/mol. The third kappa shape index (κ3) is 5.37. The van der Waals surface area contributed by atoms with Crippen molar-refractivity contribution in [1.29, 1.82) is 0 Å². The highest BCUT2D eigenvalue weighted by Gasteiger charge is 2.22. The number of anilines is 1. The quantitative estimate of drug-likeness (QED) is 0.581. The Bertz CT molecular complexity index is 865. The summed E-state index contributed by atoms with van der Waals surface area (Å²) in [4.78, 5) is 36.2. The van der Waals surface area contributed by atoms with Gasteiger partial charge in [-0.1, -0.05) is 25.4 Å². The molecule has 0 spiro atoms. The van der Waals surface area contributed by atoms with E-state index in [4.69, 9.17) is 16.3 Å². The lowest BCUT2D eigenvalue weighted by molar-refractivity contribution is -0.118. The monoisotopic (exact) mass is 391 g/mol. The predicted octanol–water partition coefficient (Wildman–Crippen LogP) is 4.50. The molecule has 27 heavy (non-hydrogen) atoms. The number of carbonyl (C=O) groups is 3. The summed E-state index contributed by atoms with van der Waals surface area (Å²) in [6.07, 6.45) is -1.12. The first-order chi connectivity index (χ1) is 12.7. The fraction of sp³-hybridized carbons (Fsp3) is 0.250. The zero-order valence-electron chi connectivity index (χ0n) is 15.1. The second-order valence-electron chi connectivity index (χ2n) is 6.26. The summed E-state index contributed by atoms with van der Waals surface area (Å²) in [5, 5.41) is 2.89. The number of ketones is 1. The van der Waals surface area contributed by atoms with Gasteiger partial charge in [-0.3, -0.25) is 9.59 Å². The van der Waals surface area contributed by atoms with Crippen LogP contribution in [0.5, 0.6) is 0 Å². The van der Waals surface area contributed by atoms with Gasteiger partial charge in [0.15, 0.2) is 6.10 Å². The van der Waals surface area contributed by atoms with E-state index < -0.39 is 23.7 Å². The Morgan fingerprint density at radius 1 is 1.04 bits per heavy atom. The summed E-state index contributed by atoms with van der Waals surface area (Å²) in [6.45, 7) is 4.94. The van der Waals surface area contributed by atoms with Gasteiger partial charge in [-0.15, -0.1) is 0 Å². The summed E-state index contributed by atoms with van der Waals surface area (Å²) < 4.78 is 18.8. The highest BCUT2D eigenvalue weighted by molar-refractivity contribution is 6.30. The van der Waals surface area contributed by atoms with Crippen LogP contribution in [0.2, 0.25) is 5.02 Å². The number of benzene rings is 2. The highest BCUT2D eigenvalue weighted by Crippen LogP contribution is 2.18. The topological polar surface area (TPSA) is 72.5 Å². The van der Waals surface area contributed by atoms with Crippen LogP contribution in [0.3, 0.4) is 0 Å². The molecule has 1 atom stereocenters. The van der Waals surface area contributed by atoms with Crippen molar-refractivity contribution in [2.75, 3.05) is 5.32 Å². The Balaban J connectivity index is 2.05. The van der Waals surface area contributed by atoms with Crippen molar-refractivity contribution in [3.05, 3.63) is 64.4 Å². The van der Waals surface area contributed by atoms with E-state index >= 15 is 0 Å². The number of nitrogens with one attached hydrogen (secondary N) is 1. The largest absolute Gasteiger partial charge is 0.451 e. The molecule has 0 aliphatic heterocycles. The Kier molecular flexibility index (Phi) is 6.69. The summed E-state index contributed by atoms with van der Waals surface area (Å²) in [5.41, 5.74) is 0.509. The molecule has 0 bridgehead atoms. The number of esters is 1. The molecule has 0 radical (unpaired) electrons.